The van der Waals surface area contributed by atoms with Gasteiger partial charge < -0.3 is 10.0 Å². The van der Waals surface area contributed by atoms with Crippen molar-refractivity contribution in [3.05, 3.63) is 35.7 Å². The van der Waals surface area contributed by atoms with Gasteiger partial charge in [0.25, 0.3) is 5.91 Å². The molecule has 2 heterocycles. The molecule has 2 rings (SSSR count). The van der Waals surface area contributed by atoms with Gasteiger partial charge in [0, 0.05) is 36.7 Å². The molecule has 1 amide bonds. The highest BCUT2D eigenvalue weighted by Gasteiger charge is 2.26. The zero-order chi connectivity index (χ0) is 14.5. The topological polar surface area (TPSA) is 70.5 Å². The lowest BCUT2D eigenvalue weighted by atomic mass is 10.1. The first-order valence-corrected chi connectivity index (χ1v) is 7.46. The summed E-state index contributed by atoms with van der Waals surface area (Å²) in [5.74, 6) is 0.794. The van der Waals surface area contributed by atoms with Crippen molar-refractivity contribution in [2.24, 2.45) is 0 Å². The van der Waals surface area contributed by atoms with Crippen molar-refractivity contribution in [3.8, 4) is 0 Å². The highest BCUT2D eigenvalue weighted by atomic mass is 32.2. The third-order valence-electron chi connectivity index (χ3n) is 3.22. The van der Waals surface area contributed by atoms with Gasteiger partial charge in [-0.05, 0) is 24.3 Å². The van der Waals surface area contributed by atoms with Crippen LogP contribution in [0.1, 0.15) is 22.5 Å². The largest absolute Gasteiger partial charge is 0.478 e. The first-order valence-electron chi connectivity index (χ1n) is 6.30. The molecule has 0 bridgehead atoms. The summed E-state index contributed by atoms with van der Waals surface area (Å²) in [5, 5.41) is 8.68. The molecule has 1 fully saturated rings. The second kappa shape index (κ2) is 6.56. The van der Waals surface area contributed by atoms with Gasteiger partial charge in [-0.1, -0.05) is 6.07 Å². The quantitative estimate of drug-likeness (QED) is 0.856. The van der Waals surface area contributed by atoms with Crippen LogP contribution in [-0.4, -0.2) is 51.5 Å². The minimum absolute atomic E-state index is 0.164. The zero-order valence-electron chi connectivity index (χ0n) is 11.2. The Morgan fingerprint density at radius 3 is 3.00 bits per heavy atom. The molecule has 1 saturated heterocycles. The number of pyridine rings is 1. The smallest absolute Gasteiger partial charge is 0.328 e. The number of nitrogens with zero attached hydrogens (tertiary/aromatic N) is 2. The van der Waals surface area contributed by atoms with Gasteiger partial charge in [0.15, 0.2) is 0 Å². The number of hydrogen-bond donors (Lipinski definition) is 1. The van der Waals surface area contributed by atoms with Crippen molar-refractivity contribution in [1.82, 2.24) is 9.88 Å². The van der Waals surface area contributed by atoms with E-state index in [1.807, 2.05) is 11.8 Å². The molecule has 1 aromatic heterocycles. The second-order valence-electron chi connectivity index (χ2n) is 4.55. The zero-order valence-corrected chi connectivity index (χ0v) is 12.0. The number of carbonyl (C=O) groups excluding carboxylic acids is 1. The van der Waals surface area contributed by atoms with Gasteiger partial charge in [0.05, 0.1) is 0 Å². The van der Waals surface area contributed by atoms with Crippen molar-refractivity contribution in [2.45, 2.75) is 12.5 Å². The fourth-order valence-electron chi connectivity index (χ4n) is 2.05. The van der Waals surface area contributed by atoms with Gasteiger partial charge in [-0.3, -0.25) is 9.78 Å². The van der Waals surface area contributed by atoms with Gasteiger partial charge in [-0.25, -0.2) is 4.79 Å². The third kappa shape index (κ3) is 3.39. The molecule has 1 unspecified atom stereocenters. The maximum Gasteiger partial charge on any atom is 0.328 e. The molecule has 0 saturated carbocycles. The summed E-state index contributed by atoms with van der Waals surface area (Å²) in [6.45, 7) is 0. The van der Waals surface area contributed by atoms with Gasteiger partial charge in [0.1, 0.15) is 5.69 Å². The van der Waals surface area contributed by atoms with E-state index in [-0.39, 0.29) is 11.9 Å². The number of hydrogen-bond acceptors (Lipinski definition) is 4. The first kappa shape index (κ1) is 14.6. The number of thioether (sulfide) groups is 1. The molecule has 0 aromatic carbocycles. The lowest BCUT2D eigenvalue weighted by Crippen LogP contribution is -2.37. The molecule has 1 N–H and O–H groups in total. The monoisotopic (exact) mass is 292 g/mol. The van der Waals surface area contributed by atoms with Gasteiger partial charge in [-0.2, -0.15) is 11.8 Å². The molecule has 20 heavy (non-hydrogen) atoms. The van der Waals surface area contributed by atoms with Crippen LogP contribution in [0.2, 0.25) is 0 Å². The number of carbonyl (C=O) groups is 2. The van der Waals surface area contributed by atoms with Gasteiger partial charge in [-0.15, -0.1) is 0 Å². The molecule has 106 valence electrons. The molecule has 0 aliphatic carbocycles. The average Bonchev–Trinajstić information content (AvgIpc) is 2.98. The van der Waals surface area contributed by atoms with E-state index in [9.17, 15) is 9.59 Å². The maximum atomic E-state index is 12.5. The summed E-state index contributed by atoms with van der Waals surface area (Å²) in [5.41, 5.74) is 0.821. The van der Waals surface area contributed by atoms with Crippen molar-refractivity contribution < 1.29 is 14.7 Å². The summed E-state index contributed by atoms with van der Waals surface area (Å²) in [4.78, 5) is 28.9. The summed E-state index contributed by atoms with van der Waals surface area (Å²) in [7, 11) is 1.78. The molecule has 0 spiro atoms. The third-order valence-corrected chi connectivity index (χ3v) is 4.37. The van der Waals surface area contributed by atoms with Crippen molar-refractivity contribution in [2.75, 3.05) is 18.6 Å². The molecule has 5 nitrogen and oxygen atoms in total. The Bertz CT molecular complexity index is 539. The highest BCUT2D eigenvalue weighted by Crippen LogP contribution is 2.23. The Morgan fingerprint density at radius 2 is 2.35 bits per heavy atom. The number of aromatic nitrogens is 1. The Labute approximate surface area is 121 Å². The predicted molar refractivity (Wildman–Crippen MR) is 78.7 cm³/mol. The van der Waals surface area contributed by atoms with Gasteiger partial charge in [0.2, 0.25) is 0 Å². The molecule has 1 atom stereocenters. The molecule has 1 aliphatic heterocycles. The fourth-order valence-corrected chi connectivity index (χ4v) is 3.32. The van der Waals surface area contributed by atoms with Crippen LogP contribution in [0.5, 0.6) is 0 Å². The van der Waals surface area contributed by atoms with E-state index < -0.39 is 5.97 Å². The summed E-state index contributed by atoms with van der Waals surface area (Å²) in [6.07, 6.45) is 4.95. The van der Waals surface area contributed by atoms with Crippen LogP contribution in [0.3, 0.4) is 0 Å². The summed E-state index contributed by atoms with van der Waals surface area (Å²) < 4.78 is 0. The predicted octanol–water partition coefficient (Wildman–Crippen LogP) is 1.76. The molecule has 6 heteroatoms. The van der Waals surface area contributed by atoms with Crippen LogP contribution in [-0.2, 0) is 4.79 Å². The normalized spacial score (nSPS) is 18.4. The Hall–Kier alpha value is -1.82. The van der Waals surface area contributed by atoms with Gasteiger partial charge >= 0.3 is 5.97 Å². The average molecular weight is 292 g/mol. The van der Waals surface area contributed by atoms with Crippen molar-refractivity contribution in [3.63, 3.8) is 0 Å². The first-order chi connectivity index (χ1) is 9.59. The molecule has 0 radical (unpaired) electrons. The lowest BCUT2D eigenvalue weighted by Gasteiger charge is -2.23. The maximum absolute atomic E-state index is 12.5. The van der Waals surface area contributed by atoms with Crippen LogP contribution < -0.4 is 0 Å². The number of carboxylic acids is 1. The Balaban J connectivity index is 2.22. The molecular weight excluding hydrogens is 276 g/mol. The Kier molecular flexibility index (Phi) is 4.79. The molecule has 1 aliphatic rings. The lowest BCUT2D eigenvalue weighted by molar-refractivity contribution is -0.131. The van der Waals surface area contributed by atoms with Crippen LogP contribution in [0.25, 0.3) is 6.08 Å². The fraction of sp³-hybridized carbons (Fsp3) is 0.357. The molecule has 1 aromatic rings. The van der Waals surface area contributed by atoms with Crippen LogP contribution in [0, 0.1) is 0 Å². The van der Waals surface area contributed by atoms with Crippen LogP contribution in [0.15, 0.2) is 24.4 Å². The van der Waals surface area contributed by atoms with Crippen molar-refractivity contribution in [1.29, 1.82) is 0 Å². The van der Waals surface area contributed by atoms with E-state index in [0.29, 0.717) is 11.3 Å². The van der Waals surface area contributed by atoms with E-state index in [1.165, 1.54) is 6.08 Å². The van der Waals surface area contributed by atoms with Crippen LogP contribution >= 0.6 is 11.8 Å². The second-order valence-corrected chi connectivity index (χ2v) is 5.70. The summed E-state index contributed by atoms with van der Waals surface area (Å²) >= 11 is 1.84. The Morgan fingerprint density at radius 1 is 1.55 bits per heavy atom. The van der Waals surface area contributed by atoms with E-state index >= 15 is 0 Å². The molecular formula is C14H16N2O3S. The van der Waals surface area contributed by atoms with E-state index in [4.69, 9.17) is 5.11 Å². The van der Waals surface area contributed by atoms with E-state index in [1.54, 1.807) is 30.3 Å². The van der Waals surface area contributed by atoms with E-state index in [2.05, 4.69) is 4.98 Å². The number of aliphatic carboxylic acids is 1. The van der Waals surface area contributed by atoms with E-state index in [0.717, 1.165) is 24.0 Å². The van der Waals surface area contributed by atoms with Crippen LogP contribution in [0.4, 0.5) is 0 Å². The standard InChI is InChI=1S/C14H16N2O3S/c1-16(11-6-8-20-9-11)14(19)13-10(3-2-7-15-13)4-5-12(17)18/h2-5,7,11H,6,8-9H2,1H3,(H,17,18)/b5-4+. The highest BCUT2D eigenvalue weighted by molar-refractivity contribution is 7.99. The minimum Gasteiger partial charge on any atom is -0.478 e. The number of rotatable bonds is 4. The number of carboxylic acid groups (broad SMARTS) is 1. The minimum atomic E-state index is -1.05. The summed E-state index contributed by atoms with van der Waals surface area (Å²) in [6, 6.07) is 3.60. The van der Waals surface area contributed by atoms with Crippen molar-refractivity contribution >= 4 is 29.7 Å². The SMILES string of the molecule is CN(C(=O)c1ncccc1/C=C/C(=O)O)C1CCSC1. The number of amides is 1.